The molecule has 0 saturated carbocycles. The average Bonchev–Trinajstić information content (AvgIpc) is 2.52. The zero-order chi connectivity index (χ0) is 14.8. The van der Waals surface area contributed by atoms with Crippen molar-refractivity contribution in [1.29, 1.82) is 0 Å². The molecular weight excluding hydrogens is 330 g/mol. The number of nitrogens with zero attached hydrogens (tertiary/aromatic N) is 1. The highest BCUT2D eigenvalue weighted by Gasteiger charge is 2.41. The van der Waals surface area contributed by atoms with Crippen molar-refractivity contribution in [3.05, 3.63) is 70.2 Å². The van der Waals surface area contributed by atoms with Crippen LogP contribution in [0.5, 0.6) is 0 Å². The first kappa shape index (κ1) is 14.3. The zero-order valence-corrected chi connectivity index (χ0v) is 13.0. The van der Waals surface area contributed by atoms with Crippen LogP contribution in [-0.2, 0) is 11.3 Å². The number of aliphatic hydroxyl groups excluding tert-OH is 1. The minimum Gasteiger partial charge on any atom is -0.388 e. The fraction of sp³-hybridized carbons (Fsp3) is 0.235. The van der Waals surface area contributed by atoms with E-state index in [1.54, 1.807) is 4.90 Å². The van der Waals surface area contributed by atoms with Gasteiger partial charge < -0.3 is 10.0 Å². The van der Waals surface area contributed by atoms with Gasteiger partial charge in [0.2, 0.25) is 5.91 Å². The lowest BCUT2D eigenvalue weighted by atomic mass is 9.88. The van der Waals surface area contributed by atoms with E-state index in [4.69, 9.17) is 0 Å². The molecule has 4 heteroatoms. The van der Waals surface area contributed by atoms with Crippen LogP contribution in [0.4, 0.5) is 0 Å². The molecule has 0 aliphatic carbocycles. The number of benzene rings is 2. The molecule has 0 unspecified atom stereocenters. The molecule has 0 bridgehead atoms. The maximum Gasteiger partial charge on any atom is 0.230 e. The summed E-state index contributed by atoms with van der Waals surface area (Å²) in [6, 6.07) is 17.3. The third kappa shape index (κ3) is 3.01. The quantitative estimate of drug-likeness (QED) is 0.864. The molecule has 0 radical (unpaired) electrons. The van der Waals surface area contributed by atoms with Gasteiger partial charge >= 0.3 is 0 Å². The van der Waals surface area contributed by atoms with E-state index >= 15 is 0 Å². The van der Waals surface area contributed by atoms with E-state index in [0.29, 0.717) is 13.1 Å². The van der Waals surface area contributed by atoms with E-state index < -0.39 is 6.10 Å². The van der Waals surface area contributed by atoms with Crippen molar-refractivity contribution in [2.45, 2.75) is 12.6 Å². The van der Waals surface area contributed by atoms with Crippen LogP contribution in [0.1, 0.15) is 17.2 Å². The summed E-state index contributed by atoms with van der Waals surface area (Å²) < 4.78 is 1.03. The van der Waals surface area contributed by atoms with Crippen molar-refractivity contribution in [2.24, 2.45) is 5.92 Å². The van der Waals surface area contributed by atoms with Crippen LogP contribution in [0.2, 0.25) is 0 Å². The summed E-state index contributed by atoms with van der Waals surface area (Å²) in [4.78, 5) is 14.0. The Bertz CT molecular complexity index is 627. The van der Waals surface area contributed by atoms with Gasteiger partial charge in [0.15, 0.2) is 0 Å². The van der Waals surface area contributed by atoms with Gasteiger partial charge in [0.1, 0.15) is 0 Å². The van der Waals surface area contributed by atoms with Gasteiger partial charge in [-0.3, -0.25) is 4.79 Å². The number of rotatable bonds is 4. The molecule has 1 amide bonds. The predicted octanol–water partition coefficient (Wildman–Crippen LogP) is 3.14. The van der Waals surface area contributed by atoms with Crippen LogP contribution in [0, 0.1) is 5.92 Å². The first-order valence-corrected chi connectivity index (χ1v) is 7.70. The number of carbonyl (C=O) groups is 1. The first-order valence-electron chi connectivity index (χ1n) is 6.91. The maximum atomic E-state index is 12.2. The fourth-order valence-electron chi connectivity index (χ4n) is 2.60. The lowest BCUT2D eigenvalue weighted by molar-refractivity contribution is -0.155. The van der Waals surface area contributed by atoms with Gasteiger partial charge in [-0.25, -0.2) is 0 Å². The average molecular weight is 346 g/mol. The van der Waals surface area contributed by atoms with Gasteiger partial charge in [0.25, 0.3) is 0 Å². The third-order valence-electron chi connectivity index (χ3n) is 3.85. The molecule has 3 rings (SSSR count). The number of amides is 1. The lowest BCUT2D eigenvalue weighted by Crippen LogP contribution is -2.54. The second-order valence-electron chi connectivity index (χ2n) is 5.31. The largest absolute Gasteiger partial charge is 0.388 e. The van der Waals surface area contributed by atoms with Gasteiger partial charge in [-0.15, -0.1) is 0 Å². The molecule has 1 aliphatic rings. The number of hydrogen-bond acceptors (Lipinski definition) is 2. The Labute approximate surface area is 132 Å². The Morgan fingerprint density at radius 3 is 2.43 bits per heavy atom. The minimum atomic E-state index is -0.708. The van der Waals surface area contributed by atoms with Crippen LogP contribution >= 0.6 is 15.9 Å². The molecule has 0 spiro atoms. The summed E-state index contributed by atoms with van der Waals surface area (Å²) in [5.74, 6) is -0.294. The second kappa shape index (κ2) is 6.00. The summed E-state index contributed by atoms with van der Waals surface area (Å²) in [7, 11) is 0. The summed E-state index contributed by atoms with van der Waals surface area (Å²) in [6.45, 7) is 1.20. The van der Waals surface area contributed by atoms with Gasteiger partial charge in [-0.1, -0.05) is 58.4 Å². The van der Waals surface area contributed by atoms with Crippen molar-refractivity contribution in [2.75, 3.05) is 6.54 Å². The number of β-lactam (4-membered cyclic amide) rings is 1. The standard InChI is InChI=1S/C17H16BrNO2/c18-14-8-6-12(7-9-14)10-19-11-15(17(19)21)16(20)13-4-2-1-3-5-13/h1-9,15-16,20H,10-11H2/t15-,16+/m1/s1. The molecule has 2 aromatic carbocycles. The highest BCUT2D eigenvalue weighted by Crippen LogP contribution is 2.32. The number of hydrogen-bond donors (Lipinski definition) is 1. The van der Waals surface area contributed by atoms with Gasteiger partial charge in [0.05, 0.1) is 12.0 Å². The molecule has 108 valence electrons. The molecular formula is C17H16BrNO2. The van der Waals surface area contributed by atoms with E-state index in [2.05, 4.69) is 15.9 Å². The van der Waals surface area contributed by atoms with E-state index in [9.17, 15) is 9.90 Å². The molecule has 2 atom stereocenters. The van der Waals surface area contributed by atoms with Crippen LogP contribution in [0.25, 0.3) is 0 Å². The normalized spacial score (nSPS) is 19.2. The van der Waals surface area contributed by atoms with Gasteiger partial charge in [-0.05, 0) is 23.3 Å². The monoisotopic (exact) mass is 345 g/mol. The van der Waals surface area contributed by atoms with Crippen molar-refractivity contribution < 1.29 is 9.90 Å². The van der Waals surface area contributed by atoms with Gasteiger partial charge in [0, 0.05) is 17.6 Å². The Kier molecular flexibility index (Phi) is 4.08. The van der Waals surface area contributed by atoms with Crippen LogP contribution in [-0.4, -0.2) is 22.5 Å². The van der Waals surface area contributed by atoms with E-state index in [-0.39, 0.29) is 11.8 Å². The molecule has 21 heavy (non-hydrogen) atoms. The number of likely N-dealkylation sites (tertiary alicyclic amines) is 1. The molecule has 1 N–H and O–H groups in total. The Morgan fingerprint density at radius 2 is 1.81 bits per heavy atom. The summed E-state index contributed by atoms with van der Waals surface area (Å²) in [6.07, 6.45) is -0.708. The van der Waals surface area contributed by atoms with Gasteiger partial charge in [-0.2, -0.15) is 0 Å². The summed E-state index contributed by atoms with van der Waals surface area (Å²) in [5.41, 5.74) is 1.90. The molecule has 1 fully saturated rings. The van der Waals surface area contributed by atoms with Crippen LogP contribution in [0.3, 0.4) is 0 Å². The smallest absolute Gasteiger partial charge is 0.230 e. The Morgan fingerprint density at radius 1 is 1.14 bits per heavy atom. The molecule has 1 heterocycles. The van der Waals surface area contributed by atoms with Crippen LogP contribution in [0.15, 0.2) is 59.1 Å². The molecule has 1 saturated heterocycles. The third-order valence-corrected chi connectivity index (χ3v) is 4.38. The number of carbonyl (C=O) groups excluding carboxylic acids is 1. The van der Waals surface area contributed by atoms with Crippen molar-refractivity contribution in [1.82, 2.24) is 4.90 Å². The van der Waals surface area contributed by atoms with E-state index in [1.165, 1.54) is 0 Å². The van der Waals surface area contributed by atoms with E-state index in [1.807, 2.05) is 54.6 Å². The SMILES string of the molecule is O=C1[C@@H]([C@@H](O)c2ccccc2)CN1Cc1ccc(Br)cc1. The maximum absolute atomic E-state index is 12.2. The Balaban J connectivity index is 1.61. The number of aliphatic hydroxyl groups is 1. The summed E-state index contributed by atoms with van der Waals surface area (Å²) >= 11 is 3.40. The highest BCUT2D eigenvalue weighted by atomic mass is 79.9. The molecule has 3 nitrogen and oxygen atoms in total. The predicted molar refractivity (Wildman–Crippen MR) is 84.5 cm³/mol. The van der Waals surface area contributed by atoms with Crippen molar-refractivity contribution in [3.63, 3.8) is 0 Å². The second-order valence-corrected chi connectivity index (χ2v) is 6.22. The van der Waals surface area contributed by atoms with E-state index in [0.717, 1.165) is 15.6 Å². The zero-order valence-electron chi connectivity index (χ0n) is 11.4. The highest BCUT2D eigenvalue weighted by molar-refractivity contribution is 9.10. The first-order chi connectivity index (χ1) is 10.1. The topological polar surface area (TPSA) is 40.5 Å². The summed E-state index contributed by atoms with van der Waals surface area (Å²) in [5, 5.41) is 10.3. The van der Waals surface area contributed by atoms with Crippen molar-refractivity contribution >= 4 is 21.8 Å². The molecule has 2 aromatic rings. The lowest BCUT2D eigenvalue weighted by Gasteiger charge is -2.41. The number of halogens is 1. The molecule has 1 aliphatic heterocycles. The Hall–Kier alpha value is -1.65. The fourth-order valence-corrected chi connectivity index (χ4v) is 2.86. The van der Waals surface area contributed by atoms with Crippen molar-refractivity contribution in [3.8, 4) is 0 Å². The molecule has 0 aromatic heterocycles. The minimum absolute atomic E-state index is 0.0225. The van der Waals surface area contributed by atoms with Crippen LogP contribution < -0.4 is 0 Å².